The summed E-state index contributed by atoms with van der Waals surface area (Å²) < 4.78 is 28.6. The van der Waals surface area contributed by atoms with Gasteiger partial charge in [0.25, 0.3) is 0 Å². The summed E-state index contributed by atoms with van der Waals surface area (Å²) >= 11 is 0. The minimum atomic E-state index is -3.00. The first-order chi connectivity index (χ1) is 7.95. The van der Waals surface area contributed by atoms with Gasteiger partial charge in [0, 0.05) is 0 Å². The van der Waals surface area contributed by atoms with Gasteiger partial charge in [-0.25, -0.2) is 8.42 Å². The molecule has 5 heteroatoms. The largest absolute Gasteiger partial charge is 0.469 e. The monoisotopic (exact) mass is 260 g/mol. The highest BCUT2D eigenvalue weighted by Gasteiger charge is 2.48. The summed E-state index contributed by atoms with van der Waals surface area (Å²) in [6.45, 7) is 0. The van der Waals surface area contributed by atoms with Crippen molar-refractivity contribution in [1.29, 1.82) is 0 Å². The molecule has 2 fully saturated rings. The van der Waals surface area contributed by atoms with Crippen LogP contribution in [-0.4, -0.2) is 33.0 Å². The molecule has 2 rings (SSSR count). The molecular formula is C12H20O4S. The Morgan fingerprint density at radius 1 is 1.35 bits per heavy atom. The average Bonchev–Trinajstić information content (AvgIpc) is 2.90. The number of ether oxygens (including phenoxy) is 1. The summed E-state index contributed by atoms with van der Waals surface area (Å²) in [5.74, 6) is 0.567. The molecule has 17 heavy (non-hydrogen) atoms. The molecule has 0 saturated heterocycles. The van der Waals surface area contributed by atoms with Crippen LogP contribution in [0.4, 0.5) is 0 Å². The topological polar surface area (TPSA) is 60.4 Å². The first-order valence-electron chi connectivity index (χ1n) is 6.22. The molecule has 2 aliphatic rings. The number of rotatable bonds is 6. The van der Waals surface area contributed by atoms with E-state index in [-0.39, 0.29) is 23.6 Å². The SMILES string of the molecule is COC(=O)CC1(CS(=O)(=O)CC2CCC2)CC1. The van der Waals surface area contributed by atoms with Crippen LogP contribution in [0.1, 0.15) is 38.5 Å². The van der Waals surface area contributed by atoms with Crippen molar-refractivity contribution in [3.05, 3.63) is 0 Å². The van der Waals surface area contributed by atoms with Gasteiger partial charge < -0.3 is 4.74 Å². The Morgan fingerprint density at radius 3 is 2.41 bits per heavy atom. The second-order valence-corrected chi connectivity index (χ2v) is 7.71. The van der Waals surface area contributed by atoms with Crippen molar-refractivity contribution >= 4 is 15.8 Å². The minimum Gasteiger partial charge on any atom is -0.469 e. The van der Waals surface area contributed by atoms with E-state index in [1.54, 1.807) is 0 Å². The Kier molecular flexibility index (Phi) is 3.48. The van der Waals surface area contributed by atoms with Crippen molar-refractivity contribution < 1.29 is 17.9 Å². The number of carbonyl (C=O) groups is 1. The number of hydrogen-bond donors (Lipinski definition) is 0. The highest BCUT2D eigenvalue weighted by Crippen LogP contribution is 2.50. The molecule has 0 heterocycles. The lowest BCUT2D eigenvalue weighted by Gasteiger charge is -2.25. The third-order valence-corrected chi connectivity index (χ3v) is 5.98. The molecule has 0 N–H and O–H groups in total. The van der Waals surface area contributed by atoms with Crippen LogP contribution in [0.2, 0.25) is 0 Å². The van der Waals surface area contributed by atoms with Gasteiger partial charge >= 0.3 is 5.97 Å². The zero-order chi connectivity index (χ0) is 12.5. The Labute approximate surface area is 103 Å². The van der Waals surface area contributed by atoms with Gasteiger partial charge in [-0.05, 0) is 37.0 Å². The molecule has 0 radical (unpaired) electrons. The number of carbonyl (C=O) groups excluding carboxylic acids is 1. The van der Waals surface area contributed by atoms with E-state index < -0.39 is 9.84 Å². The van der Waals surface area contributed by atoms with Crippen LogP contribution >= 0.6 is 0 Å². The summed E-state index contributed by atoms with van der Waals surface area (Å²) in [5, 5.41) is 0. The Bertz CT molecular complexity index is 391. The van der Waals surface area contributed by atoms with Crippen molar-refractivity contribution in [2.75, 3.05) is 18.6 Å². The number of methoxy groups -OCH3 is 1. The first kappa shape index (κ1) is 12.9. The van der Waals surface area contributed by atoms with E-state index in [4.69, 9.17) is 0 Å². The molecule has 98 valence electrons. The molecule has 0 atom stereocenters. The number of hydrogen-bond acceptors (Lipinski definition) is 4. The molecule has 0 aromatic heterocycles. The molecule has 0 aliphatic heterocycles. The van der Waals surface area contributed by atoms with Crippen molar-refractivity contribution in [1.82, 2.24) is 0 Å². The van der Waals surface area contributed by atoms with Crippen LogP contribution in [0.3, 0.4) is 0 Å². The van der Waals surface area contributed by atoms with Gasteiger partial charge in [-0.3, -0.25) is 4.79 Å². The molecule has 0 unspecified atom stereocenters. The van der Waals surface area contributed by atoms with Crippen LogP contribution in [0.5, 0.6) is 0 Å². The minimum absolute atomic E-state index is 0.172. The van der Waals surface area contributed by atoms with E-state index in [1.165, 1.54) is 7.11 Å². The number of sulfone groups is 1. The zero-order valence-corrected chi connectivity index (χ0v) is 11.1. The molecule has 0 bridgehead atoms. The summed E-state index contributed by atoms with van der Waals surface area (Å²) in [7, 11) is -1.65. The smallest absolute Gasteiger partial charge is 0.306 e. The molecule has 2 aliphatic carbocycles. The van der Waals surface area contributed by atoms with Gasteiger partial charge in [0.1, 0.15) is 0 Å². The fourth-order valence-corrected chi connectivity index (χ4v) is 4.96. The van der Waals surface area contributed by atoms with Gasteiger partial charge in [-0.2, -0.15) is 0 Å². The fraction of sp³-hybridized carbons (Fsp3) is 0.917. The highest BCUT2D eigenvalue weighted by molar-refractivity contribution is 7.91. The van der Waals surface area contributed by atoms with E-state index in [0.29, 0.717) is 11.7 Å². The Hall–Kier alpha value is -0.580. The van der Waals surface area contributed by atoms with E-state index in [2.05, 4.69) is 4.74 Å². The lowest BCUT2D eigenvalue weighted by Crippen LogP contribution is -2.28. The normalized spacial score (nSPS) is 22.9. The lowest BCUT2D eigenvalue weighted by atomic mass is 9.87. The van der Waals surface area contributed by atoms with Crippen molar-refractivity contribution in [3.8, 4) is 0 Å². The molecular weight excluding hydrogens is 240 g/mol. The Balaban J connectivity index is 1.88. The van der Waals surface area contributed by atoms with E-state index >= 15 is 0 Å². The summed E-state index contributed by atoms with van der Waals surface area (Å²) in [4.78, 5) is 11.2. The van der Waals surface area contributed by atoms with Gasteiger partial charge in [0.2, 0.25) is 0 Å². The van der Waals surface area contributed by atoms with Crippen molar-refractivity contribution in [2.45, 2.75) is 38.5 Å². The van der Waals surface area contributed by atoms with E-state index in [1.807, 2.05) is 0 Å². The van der Waals surface area contributed by atoms with Gasteiger partial charge in [0.05, 0.1) is 25.0 Å². The van der Waals surface area contributed by atoms with Crippen molar-refractivity contribution in [2.24, 2.45) is 11.3 Å². The maximum atomic E-state index is 12.0. The quantitative estimate of drug-likeness (QED) is 0.680. The third-order valence-electron chi connectivity index (χ3n) is 3.94. The molecule has 0 spiro atoms. The van der Waals surface area contributed by atoms with Gasteiger partial charge in [-0.1, -0.05) is 6.42 Å². The fourth-order valence-electron chi connectivity index (χ4n) is 2.47. The predicted octanol–water partition coefficient (Wildman–Crippen LogP) is 1.54. The van der Waals surface area contributed by atoms with Crippen LogP contribution in [0.15, 0.2) is 0 Å². The molecule has 0 amide bonds. The Morgan fingerprint density at radius 2 is 2.00 bits per heavy atom. The van der Waals surface area contributed by atoms with Gasteiger partial charge in [-0.15, -0.1) is 0 Å². The van der Waals surface area contributed by atoms with Crippen LogP contribution in [-0.2, 0) is 19.4 Å². The maximum absolute atomic E-state index is 12.0. The summed E-state index contributed by atoms with van der Waals surface area (Å²) in [6, 6.07) is 0. The maximum Gasteiger partial charge on any atom is 0.306 e. The third kappa shape index (κ3) is 3.44. The van der Waals surface area contributed by atoms with Gasteiger partial charge in [0.15, 0.2) is 9.84 Å². The predicted molar refractivity (Wildman–Crippen MR) is 64.3 cm³/mol. The second-order valence-electron chi connectivity index (χ2n) is 5.60. The van der Waals surface area contributed by atoms with Crippen LogP contribution < -0.4 is 0 Å². The standard InChI is InChI=1S/C12H20O4S/c1-16-11(13)7-12(5-6-12)9-17(14,15)8-10-3-2-4-10/h10H,2-9H2,1H3. The highest BCUT2D eigenvalue weighted by atomic mass is 32.2. The van der Waals surface area contributed by atoms with Crippen LogP contribution in [0.25, 0.3) is 0 Å². The molecule has 2 saturated carbocycles. The van der Waals surface area contributed by atoms with E-state index in [9.17, 15) is 13.2 Å². The average molecular weight is 260 g/mol. The molecule has 4 nitrogen and oxygen atoms in total. The summed E-state index contributed by atoms with van der Waals surface area (Å²) in [5.41, 5.74) is -0.296. The summed E-state index contributed by atoms with van der Waals surface area (Å²) in [6.07, 6.45) is 5.19. The second kappa shape index (κ2) is 4.59. The van der Waals surface area contributed by atoms with Crippen molar-refractivity contribution in [3.63, 3.8) is 0 Å². The van der Waals surface area contributed by atoms with Crippen LogP contribution in [0, 0.1) is 11.3 Å². The first-order valence-corrected chi connectivity index (χ1v) is 8.04. The van der Waals surface area contributed by atoms with E-state index in [0.717, 1.165) is 32.1 Å². The lowest BCUT2D eigenvalue weighted by molar-refractivity contribution is -0.141. The number of esters is 1. The zero-order valence-electron chi connectivity index (χ0n) is 10.3. The molecule has 0 aromatic carbocycles. The molecule has 0 aromatic rings.